The molecule has 4 rings (SSSR count). The van der Waals surface area contributed by atoms with Gasteiger partial charge in [-0.05, 0) is 43.4 Å². The molecule has 6 nitrogen and oxygen atoms in total. The average Bonchev–Trinajstić information content (AvgIpc) is 3.09. The van der Waals surface area contributed by atoms with Gasteiger partial charge in [-0.15, -0.1) is 0 Å². The molecule has 0 aliphatic carbocycles. The van der Waals surface area contributed by atoms with E-state index >= 15 is 0 Å². The van der Waals surface area contributed by atoms with Crippen molar-refractivity contribution in [1.82, 2.24) is 14.5 Å². The molecular formula is C19H23N3O3. The molecule has 0 bridgehead atoms. The zero-order chi connectivity index (χ0) is 17.4. The number of hydrogen-bond donors (Lipinski definition) is 0. The van der Waals surface area contributed by atoms with Gasteiger partial charge in [-0.2, -0.15) is 0 Å². The van der Waals surface area contributed by atoms with Gasteiger partial charge in [0.25, 0.3) is 11.5 Å². The molecule has 1 fully saturated rings. The molecule has 3 heterocycles. The molecule has 1 aromatic heterocycles. The molecule has 0 N–H and O–H groups in total. The Hall–Kier alpha value is -2.37. The highest BCUT2D eigenvalue weighted by molar-refractivity contribution is 5.80. The van der Waals surface area contributed by atoms with Crippen molar-refractivity contribution in [2.24, 2.45) is 5.92 Å². The maximum absolute atomic E-state index is 12.6. The van der Waals surface area contributed by atoms with Gasteiger partial charge >= 0.3 is 0 Å². The number of carbonyl (C=O) groups is 1. The summed E-state index contributed by atoms with van der Waals surface area (Å²) >= 11 is 0. The number of benzene rings is 1. The Bertz CT molecular complexity index is 874. The number of aryl methyl sites for hydroxylation is 1. The molecule has 0 spiro atoms. The number of aromatic nitrogens is 2. The van der Waals surface area contributed by atoms with E-state index in [9.17, 15) is 9.59 Å². The highest BCUT2D eigenvalue weighted by Crippen LogP contribution is 2.20. The van der Waals surface area contributed by atoms with Crippen LogP contribution in [-0.2, 0) is 17.8 Å². The fourth-order valence-electron chi connectivity index (χ4n) is 3.80. The van der Waals surface area contributed by atoms with Gasteiger partial charge in [-0.25, -0.2) is 4.98 Å². The summed E-state index contributed by atoms with van der Waals surface area (Å²) in [5.41, 5.74) is 0.681. The van der Waals surface area contributed by atoms with E-state index in [2.05, 4.69) is 11.9 Å². The first-order valence-electron chi connectivity index (χ1n) is 9.06. The Kier molecular flexibility index (Phi) is 4.19. The van der Waals surface area contributed by atoms with Crippen molar-refractivity contribution >= 4 is 16.8 Å². The van der Waals surface area contributed by atoms with Gasteiger partial charge < -0.3 is 9.64 Å². The van der Waals surface area contributed by atoms with Gasteiger partial charge in [0.05, 0.1) is 10.9 Å². The second-order valence-corrected chi connectivity index (χ2v) is 7.14. The Morgan fingerprint density at radius 2 is 2.20 bits per heavy atom. The van der Waals surface area contributed by atoms with Crippen LogP contribution >= 0.6 is 0 Å². The van der Waals surface area contributed by atoms with Crippen molar-refractivity contribution in [2.75, 3.05) is 19.7 Å². The maximum atomic E-state index is 12.6. The van der Waals surface area contributed by atoms with Crippen LogP contribution in [0.2, 0.25) is 0 Å². The lowest BCUT2D eigenvalue weighted by Gasteiger charge is -2.30. The Labute approximate surface area is 146 Å². The minimum atomic E-state index is -0.0147. The number of ether oxygens (including phenoxy) is 1. The van der Waals surface area contributed by atoms with E-state index in [0.717, 1.165) is 44.7 Å². The largest absolute Gasteiger partial charge is 0.484 e. The van der Waals surface area contributed by atoms with Crippen molar-refractivity contribution in [3.63, 3.8) is 0 Å². The fraction of sp³-hybridized carbons (Fsp3) is 0.526. The molecule has 0 unspecified atom stereocenters. The third-order valence-electron chi connectivity index (χ3n) is 5.16. The van der Waals surface area contributed by atoms with E-state index in [-0.39, 0.29) is 18.1 Å². The SMILES string of the molecule is C[C@H]1CCCN(C(=O)COc2ccc3nc4n(c(=O)c3c2)CCC4)C1. The first-order chi connectivity index (χ1) is 12.1. The highest BCUT2D eigenvalue weighted by atomic mass is 16.5. The number of fused-ring (bicyclic) bond motifs is 2. The quantitative estimate of drug-likeness (QED) is 0.856. The van der Waals surface area contributed by atoms with Crippen LogP contribution in [0.5, 0.6) is 5.75 Å². The summed E-state index contributed by atoms with van der Waals surface area (Å²) in [4.78, 5) is 31.4. The van der Waals surface area contributed by atoms with E-state index in [0.29, 0.717) is 22.6 Å². The predicted octanol–water partition coefficient (Wildman–Crippen LogP) is 1.98. The number of likely N-dealkylation sites (tertiary alicyclic amines) is 1. The standard InChI is InChI=1S/C19H23N3O3/c1-13-4-2-8-21(11-13)18(23)12-25-14-6-7-16-15(10-14)19(24)22-9-3-5-17(22)20-16/h6-7,10,13H,2-5,8-9,11-12H2,1H3/t13-/m0/s1. The lowest BCUT2D eigenvalue weighted by Crippen LogP contribution is -2.41. The molecule has 2 aliphatic heterocycles. The Morgan fingerprint density at radius 1 is 1.32 bits per heavy atom. The molecule has 6 heteroatoms. The first kappa shape index (κ1) is 16.1. The van der Waals surface area contributed by atoms with Crippen LogP contribution < -0.4 is 10.3 Å². The number of amides is 1. The van der Waals surface area contributed by atoms with Gasteiger partial charge in [-0.1, -0.05) is 6.92 Å². The minimum absolute atomic E-state index is 0.00967. The molecule has 0 radical (unpaired) electrons. The van der Waals surface area contributed by atoms with Crippen LogP contribution in [-0.4, -0.2) is 40.1 Å². The third-order valence-corrected chi connectivity index (χ3v) is 5.16. The summed E-state index contributed by atoms with van der Waals surface area (Å²) in [6.07, 6.45) is 4.05. The van der Waals surface area contributed by atoms with Crippen LogP contribution in [0.4, 0.5) is 0 Å². The van der Waals surface area contributed by atoms with Crippen LogP contribution in [0.3, 0.4) is 0 Å². The fourth-order valence-corrected chi connectivity index (χ4v) is 3.80. The molecular weight excluding hydrogens is 318 g/mol. The molecule has 1 atom stereocenters. The monoisotopic (exact) mass is 341 g/mol. The van der Waals surface area contributed by atoms with Gasteiger partial charge in [0.2, 0.25) is 0 Å². The molecule has 132 valence electrons. The molecule has 25 heavy (non-hydrogen) atoms. The third kappa shape index (κ3) is 3.13. The number of rotatable bonds is 3. The van der Waals surface area contributed by atoms with Gasteiger partial charge in [-0.3, -0.25) is 14.2 Å². The smallest absolute Gasteiger partial charge is 0.261 e. The summed E-state index contributed by atoms with van der Waals surface area (Å²) in [6.45, 7) is 4.52. The van der Waals surface area contributed by atoms with E-state index in [4.69, 9.17) is 4.74 Å². The number of nitrogens with zero attached hydrogens (tertiary/aromatic N) is 3. The van der Waals surface area contributed by atoms with Crippen molar-refractivity contribution < 1.29 is 9.53 Å². The van der Waals surface area contributed by atoms with E-state index in [1.807, 2.05) is 4.90 Å². The summed E-state index contributed by atoms with van der Waals surface area (Å²) in [5.74, 6) is 1.96. The van der Waals surface area contributed by atoms with Crippen molar-refractivity contribution in [3.05, 3.63) is 34.4 Å². The normalized spacial score (nSPS) is 19.9. The lowest BCUT2D eigenvalue weighted by molar-refractivity contribution is -0.135. The number of carbonyl (C=O) groups excluding carboxylic acids is 1. The number of hydrogen-bond acceptors (Lipinski definition) is 4. The molecule has 0 saturated carbocycles. The summed E-state index contributed by atoms with van der Waals surface area (Å²) < 4.78 is 7.41. The molecule has 1 saturated heterocycles. The summed E-state index contributed by atoms with van der Waals surface area (Å²) in [7, 11) is 0. The lowest BCUT2D eigenvalue weighted by atomic mass is 10.0. The van der Waals surface area contributed by atoms with E-state index in [1.54, 1.807) is 22.8 Å². The van der Waals surface area contributed by atoms with Crippen molar-refractivity contribution in [1.29, 1.82) is 0 Å². The minimum Gasteiger partial charge on any atom is -0.484 e. The van der Waals surface area contributed by atoms with Crippen molar-refractivity contribution in [3.8, 4) is 5.75 Å². The topological polar surface area (TPSA) is 64.4 Å². The van der Waals surface area contributed by atoms with Crippen LogP contribution in [0.1, 0.15) is 32.0 Å². The zero-order valence-electron chi connectivity index (χ0n) is 14.5. The van der Waals surface area contributed by atoms with Crippen LogP contribution in [0.25, 0.3) is 10.9 Å². The van der Waals surface area contributed by atoms with Gasteiger partial charge in [0.15, 0.2) is 6.61 Å². The first-order valence-corrected chi connectivity index (χ1v) is 9.06. The van der Waals surface area contributed by atoms with Gasteiger partial charge in [0, 0.05) is 26.1 Å². The average molecular weight is 341 g/mol. The van der Waals surface area contributed by atoms with Crippen LogP contribution in [0, 0.1) is 5.92 Å². The van der Waals surface area contributed by atoms with Crippen molar-refractivity contribution in [2.45, 2.75) is 39.2 Å². The second kappa shape index (κ2) is 6.50. The Balaban J connectivity index is 1.50. The number of piperidine rings is 1. The molecule has 1 aromatic carbocycles. The summed E-state index contributed by atoms with van der Waals surface area (Å²) in [6, 6.07) is 5.30. The maximum Gasteiger partial charge on any atom is 0.261 e. The molecule has 2 aromatic rings. The molecule has 1 amide bonds. The van der Waals surface area contributed by atoms with Gasteiger partial charge in [0.1, 0.15) is 11.6 Å². The summed E-state index contributed by atoms with van der Waals surface area (Å²) in [5, 5.41) is 0.558. The zero-order valence-corrected chi connectivity index (χ0v) is 14.5. The van der Waals surface area contributed by atoms with Crippen LogP contribution in [0.15, 0.2) is 23.0 Å². The van der Waals surface area contributed by atoms with E-state index < -0.39 is 0 Å². The predicted molar refractivity (Wildman–Crippen MR) is 94.8 cm³/mol. The Morgan fingerprint density at radius 3 is 3.04 bits per heavy atom. The van der Waals surface area contributed by atoms with E-state index in [1.165, 1.54) is 6.42 Å². The second-order valence-electron chi connectivity index (χ2n) is 7.14. The molecule has 2 aliphatic rings. The highest BCUT2D eigenvalue weighted by Gasteiger charge is 2.21.